The van der Waals surface area contributed by atoms with Gasteiger partial charge in [-0.3, -0.25) is 4.98 Å². The quantitative estimate of drug-likeness (QED) is 0.331. The summed E-state index contributed by atoms with van der Waals surface area (Å²) in [5.41, 5.74) is 5.50. The molecule has 37 heavy (non-hydrogen) atoms. The molecule has 0 saturated carbocycles. The monoisotopic (exact) mass is 503 g/mol. The van der Waals surface area contributed by atoms with Crippen molar-refractivity contribution in [2.45, 2.75) is 46.1 Å². The van der Waals surface area contributed by atoms with E-state index in [-0.39, 0.29) is 12.0 Å². The number of aliphatic hydroxyl groups is 2. The molecular formula is C30H33NO6. The average molecular weight is 504 g/mol. The fourth-order valence-corrected chi connectivity index (χ4v) is 4.48. The van der Waals surface area contributed by atoms with Crippen LogP contribution in [0.15, 0.2) is 48.7 Å². The minimum Gasteiger partial charge on any atom is -0.493 e. The van der Waals surface area contributed by atoms with Crippen molar-refractivity contribution in [3.63, 3.8) is 0 Å². The first-order chi connectivity index (χ1) is 17.6. The van der Waals surface area contributed by atoms with E-state index in [0.717, 1.165) is 69.5 Å². The third kappa shape index (κ3) is 6.13. The van der Waals surface area contributed by atoms with Gasteiger partial charge in [0.25, 0.3) is 0 Å². The number of aromatic carboxylic acids is 1. The zero-order valence-corrected chi connectivity index (χ0v) is 21.8. The molecule has 2 heterocycles. The van der Waals surface area contributed by atoms with Crippen LogP contribution in [0.3, 0.4) is 0 Å². The Kier molecular flexibility index (Phi) is 8.63. The Hall–Kier alpha value is -3.81. The molecule has 0 atom stereocenters. The number of carbonyl (C=O) groups is 2. The van der Waals surface area contributed by atoms with Crippen molar-refractivity contribution in [2.75, 3.05) is 13.7 Å². The van der Waals surface area contributed by atoms with E-state index in [4.69, 9.17) is 14.9 Å². The molecule has 0 aliphatic carbocycles. The molecular weight excluding hydrogens is 470 g/mol. The van der Waals surface area contributed by atoms with Crippen molar-refractivity contribution < 1.29 is 29.6 Å². The summed E-state index contributed by atoms with van der Waals surface area (Å²) in [5, 5.41) is 27.7. The maximum atomic E-state index is 11.5. The Morgan fingerprint density at radius 3 is 2.46 bits per heavy atom. The fraction of sp³-hybridized carbons (Fsp3) is 0.300. The van der Waals surface area contributed by atoms with E-state index in [2.05, 4.69) is 4.98 Å². The van der Waals surface area contributed by atoms with Crippen LogP contribution < -0.4 is 4.74 Å². The summed E-state index contributed by atoms with van der Waals surface area (Å²) >= 11 is 0. The summed E-state index contributed by atoms with van der Waals surface area (Å²) in [4.78, 5) is 27.7. The molecule has 194 valence electrons. The predicted octanol–water partition coefficient (Wildman–Crippen LogP) is 5.12. The third-order valence-corrected chi connectivity index (χ3v) is 5.84. The van der Waals surface area contributed by atoms with E-state index in [1.807, 2.05) is 43.5 Å². The molecule has 1 aliphatic heterocycles. The summed E-state index contributed by atoms with van der Waals surface area (Å²) < 4.78 is 5.86. The van der Waals surface area contributed by atoms with Crippen LogP contribution in [-0.2, 0) is 17.6 Å². The summed E-state index contributed by atoms with van der Waals surface area (Å²) in [7, 11) is 1.00. The molecule has 1 aliphatic rings. The topological polar surface area (TPSA) is 117 Å². The highest BCUT2D eigenvalue weighted by molar-refractivity contribution is 6.09. The summed E-state index contributed by atoms with van der Waals surface area (Å²) in [5.74, 6) is -0.140. The van der Waals surface area contributed by atoms with E-state index in [0.29, 0.717) is 6.61 Å². The first-order valence-corrected chi connectivity index (χ1v) is 12.0. The standard InChI is InChI=1S/C25H19NO4.C4H10O.CH4O/c1-14-12-17-13-16(25(28)29)2-3-19(17)23(18(14)7-10-27)20-4-5-21-22-15(8-11-30-21)6-9-26-24(20)22;1-4(2,3)5;1-2/h2-6,9-10,12-13H,7-8,11H2,1H3,(H,28,29);5H,1-3H3;2H,1H3. The van der Waals surface area contributed by atoms with Crippen LogP contribution in [0.2, 0.25) is 0 Å². The number of hydrogen-bond acceptors (Lipinski definition) is 6. The molecule has 3 aromatic carbocycles. The van der Waals surface area contributed by atoms with Gasteiger partial charge >= 0.3 is 5.97 Å². The van der Waals surface area contributed by atoms with Gasteiger partial charge < -0.3 is 24.9 Å². The van der Waals surface area contributed by atoms with Gasteiger partial charge in [0.05, 0.1) is 23.3 Å². The number of nitrogens with zero attached hydrogens (tertiary/aromatic N) is 1. The van der Waals surface area contributed by atoms with Gasteiger partial charge in [-0.2, -0.15) is 0 Å². The van der Waals surface area contributed by atoms with Crippen LogP contribution in [0, 0.1) is 6.92 Å². The van der Waals surface area contributed by atoms with Gasteiger partial charge in [-0.15, -0.1) is 0 Å². The van der Waals surface area contributed by atoms with Crippen LogP contribution in [0.1, 0.15) is 47.8 Å². The maximum absolute atomic E-state index is 11.5. The molecule has 1 aromatic heterocycles. The number of carboxylic acid groups (broad SMARTS) is 1. The molecule has 7 nitrogen and oxygen atoms in total. The summed E-state index contributed by atoms with van der Waals surface area (Å²) in [6.45, 7) is 7.83. The van der Waals surface area contributed by atoms with Gasteiger partial charge in [-0.1, -0.05) is 12.1 Å². The number of carbonyl (C=O) groups excluding carboxylic acids is 1. The smallest absolute Gasteiger partial charge is 0.335 e. The molecule has 0 unspecified atom stereocenters. The summed E-state index contributed by atoms with van der Waals surface area (Å²) in [6.07, 6.45) is 3.82. The molecule has 0 fully saturated rings. The van der Waals surface area contributed by atoms with E-state index in [9.17, 15) is 14.7 Å². The zero-order valence-electron chi connectivity index (χ0n) is 21.8. The molecule has 0 spiro atoms. The molecule has 4 aromatic rings. The van der Waals surface area contributed by atoms with Crippen molar-refractivity contribution in [1.29, 1.82) is 0 Å². The zero-order chi connectivity index (χ0) is 27.3. The Morgan fingerprint density at radius 1 is 1.11 bits per heavy atom. The van der Waals surface area contributed by atoms with Crippen LogP contribution >= 0.6 is 0 Å². The number of aliphatic hydroxyl groups excluding tert-OH is 1. The molecule has 0 saturated heterocycles. The number of hydrogen-bond donors (Lipinski definition) is 3. The number of ether oxygens (including phenoxy) is 1. The number of rotatable bonds is 4. The van der Waals surface area contributed by atoms with Crippen molar-refractivity contribution >= 4 is 33.9 Å². The second-order valence-electron chi connectivity index (χ2n) is 9.73. The van der Waals surface area contributed by atoms with Gasteiger partial charge in [-0.25, -0.2) is 4.79 Å². The van der Waals surface area contributed by atoms with Crippen LogP contribution in [0.25, 0.3) is 32.8 Å². The second kappa shape index (κ2) is 11.5. The molecule has 0 amide bonds. The van der Waals surface area contributed by atoms with Gasteiger partial charge in [0.1, 0.15) is 12.0 Å². The van der Waals surface area contributed by atoms with Crippen molar-refractivity contribution in [3.8, 4) is 16.9 Å². The average Bonchev–Trinajstić information content (AvgIpc) is 2.85. The van der Waals surface area contributed by atoms with Crippen LogP contribution in [0.4, 0.5) is 0 Å². The summed E-state index contributed by atoms with van der Waals surface area (Å²) in [6, 6.07) is 13.0. The number of pyridine rings is 1. The normalized spacial score (nSPS) is 12.1. The fourth-order valence-electron chi connectivity index (χ4n) is 4.48. The molecule has 0 radical (unpaired) electrons. The Bertz CT molecular complexity index is 1440. The van der Waals surface area contributed by atoms with E-state index in [1.54, 1.807) is 32.9 Å². The lowest BCUT2D eigenvalue weighted by Crippen LogP contribution is -2.10. The van der Waals surface area contributed by atoms with Crippen molar-refractivity contribution in [3.05, 3.63) is 70.9 Å². The van der Waals surface area contributed by atoms with Gasteiger partial charge in [0, 0.05) is 37.1 Å². The number of fused-ring (bicyclic) bond motifs is 1. The Morgan fingerprint density at radius 2 is 1.81 bits per heavy atom. The largest absolute Gasteiger partial charge is 0.493 e. The van der Waals surface area contributed by atoms with Crippen LogP contribution in [0.5, 0.6) is 5.75 Å². The molecule has 3 N–H and O–H groups in total. The van der Waals surface area contributed by atoms with Crippen molar-refractivity contribution in [2.24, 2.45) is 0 Å². The van der Waals surface area contributed by atoms with E-state index >= 15 is 0 Å². The van der Waals surface area contributed by atoms with Crippen molar-refractivity contribution in [1.82, 2.24) is 4.98 Å². The molecule has 0 bridgehead atoms. The highest BCUT2D eigenvalue weighted by Gasteiger charge is 2.21. The first kappa shape index (κ1) is 27.8. The van der Waals surface area contributed by atoms with E-state index in [1.165, 1.54) is 5.56 Å². The Labute approximate surface area is 216 Å². The Balaban J connectivity index is 0.000000489. The lowest BCUT2D eigenvalue weighted by atomic mass is 9.86. The number of aldehydes is 1. The third-order valence-electron chi connectivity index (χ3n) is 5.84. The number of benzene rings is 3. The van der Waals surface area contributed by atoms with E-state index < -0.39 is 11.6 Å². The molecule has 7 heteroatoms. The predicted molar refractivity (Wildman–Crippen MR) is 145 cm³/mol. The molecule has 5 rings (SSSR count). The minimum atomic E-state index is -0.964. The number of aryl methyl sites for hydroxylation is 1. The minimum absolute atomic E-state index is 0.236. The maximum Gasteiger partial charge on any atom is 0.335 e. The second-order valence-corrected chi connectivity index (χ2v) is 9.73. The van der Waals surface area contributed by atoms with Gasteiger partial charge in [0.15, 0.2) is 0 Å². The number of aromatic nitrogens is 1. The highest BCUT2D eigenvalue weighted by atomic mass is 16.5. The van der Waals surface area contributed by atoms with Gasteiger partial charge in [0.2, 0.25) is 0 Å². The lowest BCUT2D eigenvalue weighted by molar-refractivity contribution is -0.107. The van der Waals surface area contributed by atoms with Gasteiger partial charge in [-0.05, 0) is 91.1 Å². The van der Waals surface area contributed by atoms with Crippen LogP contribution in [-0.4, -0.2) is 51.9 Å². The SMILES string of the molecule is CC(C)(C)O.CO.Cc1cc2cc(C(=O)O)ccc2c(-c2ccc3c4c(ccnc24)CCO3)c1CC=O. The lowest BCUT2D eigenvalue weighted by Gasteiger charge is -2.21. The number of carboxylic acids is 1. The first-order valence-electron chi connectivity index (χ1n) is 12.0. The highest BCUT2D eigenvalue weighted by Crippen LogP contribution is 2.42.